The number of rotatable bonds is 3. The van der Waals surface area contributed by atoms with Crippen molar-refractivity contribution in [3.8, 4) is 6.07 Å². The Bertz CT molecular complexity index is 235. The number of nitrogens with zero attached hydrogens (tertiary/aromatic N) is 1. The molecule has 1 rings (SSSR count). The molecule has 0 radical (unpaired) electrons. The summed E-state index contributed by atoms with van der Waals surface area (Å²) in [6, 6.07) is 5.84. The molecule has 0 fully saturated rings. The van der Waals surface area contributed by atoms with Crippen LogP contribution in [0.15, 0.2) is 22.8 Å². The Balaban J connectivity index is 2.44. The van der Waals surface area contributed by atoms with E-state index in [0.717, 1.165) is 5.76 Å². The van der Waals surface area contributed by atoms with Crippen molar-refractivity contribution in [2.75, 3.05) is 6.54 Å². The summed E-state index contributed by atoms with van der Waals surface area (Å²) in [5.74, 6) is 0.861. The van der Waals surface area contributed by atoms with Gasteiger partial charge in [0.15, 0.2) is 0 Å². The van der Waals surface area contributed by atoms with E-state index in [1.165, 1.54) is 0 Å². The van der Waals surface area contributed by atoms with E-state index in [1.54, 1.807) is 6.26 Å². The molecular formula is C8H10N2O. The third-order valence-corrected chi connectivity index (χ3v) is 1.46. The molecule has 0 saturated carbocycles. The predicted molar refractivity (Wildman–Crippen MR) is 40.7 cm³/mol. The monoisotopic (exact) mass is 150 g/mol. The molecule has 0 aliphatic rings. The van der Waals surface area contributed by atoms with Crippen LogP contribution >= 0.6 is 0 Å². The van der Waals surface area contributed by atoms with Crippen molar-refractivity contribution in [1.29, 1.82) is 5.26 Å². The molecule has 0 aliphatic carbocycles. The van der Waals surface area contributed by atoms with E-state index in [0.29, 0.717) is 6.54 Å². The van der Waals surface area contributed by atoms with Gasteiger partial charge in [-0.1, -0.05) is 0 Å². The average Bonchev–Trinajstić information content (AvgIpc) is 2.52. The number of nitrogens with one attached hydrogen (secondary N) is 1. The third-order valence-electron chi connectivity index (χ3n) is 1.46. The van der Waals surface area contributed by atoms with Gasteiger partial charge in [0.2, 0.25) is 0 Å². The lowest BCUT2D eigenvalue weighted by Crippen LogP contribution is -2.17. The summed E-state index contributed by atoms with van der Waals surface area (Å²) in [7, 11) is 0. The van der Waals surface area contributed by atoms with Crippen molar-refractivity contribution >= 4 is 0 Å². The van der Waals surface area contributed by atoms with Gasteiger partial charge < -0.3 is 4.42 Å². The van der Waals surface area contributed by atoms with Crippen molar-refractivity contribution in [3.05, 3.63) is 24.2 Å². The van der Waals surface area contributed by atoms with Gasteiger partial charge in [-0.3, -0.25) is 5.32 Å². The molecule has 1 N–H and O–H groups in total. The third kappa shape index (κ3) is 2.10. The minimum Gasteiger partial charge on any atom is -0.468 e. The van der Waals surface area contributed by atoms with Gasteiger partial charge in [-0.15, -0.1) is 0 Å². The van der Waals surface area contributed by atoms with Crippen molar-refractivity contribution in [1.82, 2.24) is 5.32 Å². The minimum atomic E-state index is 0.115. The molecule has 58 valence electrons. The molecule has 0 bridgehead atoms. The highest BCUT2D eigenvalue weighted by Gasteiger charge is 2.05. The maximum absolute atomic E-state index is 8.27. The summed E-state index contributed by atoms with van der Waals surface area (Å²) in [6.45, 7) is 2.30. The molecule has 3 heteroatoms. The highest BCUT2D eigenvalue weighted by molar-refractivity contribution is 5.03. The first-order valence-electron chi connectivity index (χ1n) is 3.48. The molecule has 0 aromatic carbocycles. The van der Waals surface area contributed by atoms with Crippen LogP contribution in [-0.4, -0.2) is 6.54 Å². The molecule has 0 spiro atoms. The van der Waals surface area contributed by atoms with Crippen LogP contribution in [-0.2, 0) is 0 Å². The Morgan fingerprint density at radius 2 is 2.64 bits per heavy atom. The lowest BCUT2D eigenvalue weighted by atomic mass is 10.2. The van der Waals surface area contributed by atoms with Gasteiger partial charge in [-0.25, -0.2) is 0 Å². The van der Waals surface area contributed by atoms with Crippen molar-refractivity contribution in [2.45, 2.75) is 13.0 Å². The molecule has 1 heterocycles. The first kappa shape index (κ1) is 7.83. The maximum Gasteiger partial charge on any atom is 0.120 e. The molecule has 0 aliphatic heterocycles. The molecule has 1 aromatic rings. The first-order chi connectivity index (χ1) is 5.34. The van der Waals surface area contributed by atoms with Crippen molar-refractivity contribution in [3.63, 3.8) is 0 Å². The van der Waals surface area contributed by atoms with Crippen molar-refractivity contribution < 1.29 is 4.42 Å². The van der Waals surface area contributed by atoms with Crippen LogP contribution in [0, 0.1) is 11.3 Å². The largest absolute Gasteiger partial charge is 0.468 e. The number of nitriles is 1. The topological polar surface area (TPSA) is 49.0 Å². The van der Waals surface area contributed by atoms with Crippen LogP contribution in [0.5, 0.6) is 0 Å². The van der Waals surface area contributed by atoms with E-state index >= 15 is 0 Å². The van der Waals surface area contributed by atoms with Gasteiger partial charge in [0, 0.05) is 0 Å². The van der Waals surface area contributed by atoms with E-state index in [9.17, 15) is 0 Å². The standard InChI is InChI=1S/C8H10N2O/c1-7(10-5-4-9)8-3-2-6-11-8/h2-3,6-7,10H,5H2,1H3/t7-/m1/s1. The Morgan fingerprint density at radius 3 is 3.18 bits per heavy atom. The second kappa shape index (κ2) is 3.79. The molecule has 1 atom stereocenters. The van der Waals surface area contributed by atoms with Gasteiger partial charge in [0.25, 0.3) is 0 Å². The Hall–Kier alpha value is -1.27. The fourth-order valence-electron chi connectivity index (χ4n) is 0.837. The van der Waals surface area contributed by atoms with Gasteiger partial charge in [0.05, 0.1) is 24.9 Å². The second-order valence-electron chi connectivity index (χ2n) is 2.28. The number of hydrogen-bond donors (Lipinski definition) is 1. The second-order valence-corrected chi connectivity index (χ2v) is 2.28. The maximum atomic E-state index is 8.27. The lowest BCUT2D eigenvalue weighted by molar-refractivity contribution is 0.442. The van der Waals surface area contributed by atoms with E-state index in [4.69, 9.17) is 9.68 Å². The average molecular weight is 150 g/mol. The summed E-state index contributed by atoms with van der Waals surface area (Å²) < 4.78 is 5.12. The molecule has 0 amide bonds. The summed E-state index contributed by atoms with van der Waals surface area (Å²) in [5.41, 5.74) is 0. The SMILES string of the molecule is C[C@@H](NCC#N)c1ccco1. The summed E-state index contributed by atoms with van der Waals surface area (Å²) >= 11 is 0. The molecular weight excluding hydrogens is 140 g/mol. The molecule has 0 unspecified atom stereocenters. The quantitative estimate of drug-likeness (QED) is 0.663. The van der Waals surface area contributed by atoms with Crippen LogP contribution in [0.4, 0.5) is 0 Å². The molecule has 1 aromatic heterocycles. The van der Waals surface area contributed by atoms with E-state index in [1.807, 2.05) is 25.1 Å². The Kier molecular flexibility index (Phi) is 2.70. The zero-order valence-electron chi connectivity index (χ0n) is 6.37. The Labute approximate surface area is 65.6 Å². The highest BCUT2D eigenvalue weighted by atomic mass is 16.3. The van der Waals surface area contributed by atoms with Crippen LogP contribution in [0.1, 0.15) is 18.7 Å². The summed E-state index contributed by atoms with van der Waals surface area (Å²) in [6.07, 6.45) is 1.62. The van der Waals surface area contributed by atoms with Crippen LogP contribution in [0.25, 0.3) is 0 Å². The number of hydrogen-bond acceptors (Lipinski definition) is 3. The molecule has 0 saturated heterocycles. The number of furan rings is 1. The fraction of sp³-hybridized carbons (Fsp3) is 0.375. The van der Waals surface area contributed by atoms with Gasteiger partial charge in [-0.2, -0.15) is 5.26 Å². The van der Waals surface area contributed by atoms with E-state index < -0.39 is 0 Å². The zero-order chi connectivity index (χ0) is 8.10. The van der Waals surface area contributed by atoms with Crippen molar-refractivity contribution in [2.24, 2.45) is 0 Å². The van der Waals surface area contributed by atoms with Gasteiger partial charge in [0.1, 0.15) is 5.76 Å². The molecule has 3 nitrogen and oxygen atoms in total. The molecule has 11 heavy (non-hydrogen) atoms. The van der Waals surface area contributed by atoms with E-state index in [2.05, 4.69) is 5.32 Å². The summed E-state index contributed by atoms with van der Waals surface area (Å²) in [5, 5.41) is 11.2. The lowest BCUT2D eigenvalue weighted by Gasteiger charge is -2.06. The normalized spacial score (nSPS) is 12.4. The van der Waals surface area contributed by atoms with E-state index in [-0.39, 0.29) is 6.04 Å². The first-order valence-corrected chi connectivity index (χ1v) is 3.48. The van der Waals surface area contributed by atoms with Crippen LogP contribution in [0.2, 0.25) is 0 Å². The fourth-order valence-corrected chi connectivity index (χ4v) is 0.837. The van der Waals surface area contributed by atoms with Gasteiger partial charge in [-0.05, 0) is 19.1 Å². The predicted octanol–water partition coefficient (Wildman–Crippen LogP) is 1.45. The summed E-state index contributed by atoms with van der Waals surface area (Å²) in [4.78, 5) is 0. The zero-order valence-corrected chi connectivity index (χ0v) is 6.37. The highest BCUT2D eigenvalue weighted by Crippen LogP contribution is 2.10. The van der Waals surface area contributed by atoms with Crippen LogP contribution in [0.3, 0.4) is 0 Å². The Morgan fingerprint density at radius 1 is 1.82 bits per heavy atom. The van der Waals surface area contributed by atoms with Gasteiger partial charge >= 0.3 is 0 Å². The smallest absolute Gasteiger partial charge is 0.120 e. The van der Waals surface area contributed by atoms with Crippen LogP contribution < -0.4 is 5.32 Å². The minimum absolute atomic E-state index is 0.115.